The quantitative estimate of drug-likeness (QED) is 0.0887. The van der Waals surface area contributed by atoms with Crippen LogP contribution in [-0.2, 0) is 26.1 Å². The van der Waals surface area contributed by atoms with Gasteiger partial charge in [-0.05, 0) is 61.2 Å². The van der Waals surface area contributed by atoms with Crippen molar-refractivity contribution in [3.05, 3.63) is 84.3 Å². The highest BCUT2D eigenvalue weighted by atomic mass is 19.4. The van der Waals surface area contributed by atoms with Gasteiger partial charge in [-0.15, -0.1) is 0 Å². The number of piperidine rings is 1. The van der Waals surface area contributed by atoms with Gasteiger partial charge < -0.3 is 23.7 Å². The number of rotatable bonds is 15. The molecule has 2 unspecified atom stereocenters. The molecule has 1 N–H and O–H groups in total. The number of halogens is 3. The van der Waals surface area contributed by atoms with Crippen molar-refractivity contribution in [1.82, 2.24) is 24.8 Å². The Morgan fingerprint density at radius 3 is 2.34 bits per heavy atom. The summed E-state index contributed by atoms with van der Waals surface area (Å²) in [5.41, 5.74) is 5.03. The molecule has 3 aliphatic heterocycles. The largest absolute Gasteiger partial charge is 0.474 e. The number of unbranched alkanes of at least 4 members (excludes halogenated alkanes) is 3. The Hall–Kier alpha value is -5.87. The molecule has 1 aliphatic carbocycles. The van der Waals surface area contributed by atoms with Crippen LogP contribution < -0.4 is 15.0 Å². The summed E-state index contributed by atoms with van der Waals surface area (Å²) in [6.07, 6.45) is 3.62. The number of nitrogens with zero attached hydrogens (tertiary/aromatic N) is 5. The van der Waals surface area contributed by atoms with Crippen molar-refractivity contribution < 1.29 is 46.6 Å². The molecular formula is C45H45F3N6O7. The molecular weight excluding hydrogens is 794 g/mol. The number of anilines is 1. The lowest BCUT2D eigenvalue weighted by Gasteiger charge is -2.45. The third-order valence-corrected chi connectivity index (χ3v) is 12.4. The van der Waals surface area contributed by atoms with E-state index in [0.717, 1.165) is 63.5 Å². The number of amides is 4. The number of ether oxygens (including phenoxy) is 3. The van der Waals surface area contributed by atoms with Crippen LogP contribution in [0.1, 0.15) is 72.1 Å². The SMILES string of the molecule is Cn1c2ccncc2c2ccc(-c3ccc(OC4CC(OCCCCCCOC(C5CN(c6ccc7c(c6)C(=O)N(C6CCC(=O)NC6=O)C7=O)C5)C(F)(F)F)C4)nc3)cc21. The monoisotopic (exact) mass is 838 g/mol. The average molecular weight is 839 g/mol. The van der Waals surface area contributed by atoms with Gasteiger partial charge in [0.1, 0.15) is 12.1 Å². The lowest BCUT2D eigenvalue weighted by molar-refractivity contribution is -0.238. The van der Waals surface area contributed by atoms with Crippen molar-refractivity contribution in [2.75, 3.05) is 31.2 Å². The number of carbonyl (C=O) groups is 4. The predicted octanol–water partition coefficient (Wildman–Crippen LogP) is 6.76. The van der Waals surface area contributed by atoms with E-state index in [0.29, 0.717) is 31.0 Å². The second-order valence-electron chi connectivity index (χ2n) is 16.4. The Morgan fingerprint density at radius 2 is 1.59 bits per heavy atom. The number of aryl methyl sites for hydroxylation is 1. The molecule has 0 spiro atoms. The van der Waals surface area contributed by atoms with E-state index >= 15 is 0 Å². The van der Waals surface area contributed by atoms with Gasteiger partial charge in [0.25, 0.3) is 11.8 Å². The van der Waals surface area contributed by atoms with E-state index in [-0.39, 0.29) is 55.9 Å². The molecule has 9 rings (SSSR count). The van der Waals surface area contributed by atoms with Gasteiger partial charge in [-0.2, -0.15) is 13.2 Å². The Balaban J connectivity index is 0.658. The van der Waals surface area contributed by atoms with Crippen LogP contribution in [0.15, 0.2) is 73.2 Å². The van der Waals surface area contributed by atoms with Crippen LogP contribution in [0.5, 0.6) is 5.88 Å². The minimum absolute atomic E-state index is 0.00200. The molecule has 318 valence electrons. The summed E-state index contributed by atoms with van der Waals surface area (Å²) in [7, 11) is 2.06. The lowest BCUT2D eigenvalue weighted by atomic mass is 9.91. The average Bonchev–Trinajstić information content (AvgIpc) is 3.64. The molecule has 2 atom stereocenters. The molecule has 13 nitrogen and oxygen atoms in total. The molecule has 61 heavy (non-hydrogen) atoms. The number of aromatic nitrogens is 3. The Kier molecular flexibility index (Phi) is 11.0. The fourth-order valence-corrected chi connectivity index (χ4v) is 8.86. The minimum atomic E-state index is -4.54. The summed E-state index contributed by atoms with van der Waals surface area (Å²) < 4.78 is 61.8. The zero-order valence-corrected chi connectivity index (χ0v) is 33.5. The highest BCUT2D eigenvalue weighted by Gasteiger charge is 2.50. The van der Waals surface area contributed by atoms with Gasteiger partial charge in [0.15, 0.2) is 6.10 Å². The molecule has 5 aromatic rings. The number of hydrogen-bond donors (Lipinski definition) is 1. The standard InChI is InChI=1S/C45H45F3N6O7/c1-52-36-14-15-49-23-35(36)32-9-6-26(18-38(32)52)27-7-13-40(50-22-27)61-31-20-30(21-31)59-16-4-2-3-5-17-60-41(45(46,47)48)28-24-53(25-28)29-8-10-33-34(19-29)44(58)54(43(33)57)37-11-12-39(55)51-42(37)56/h6-10,13-15,18-19,22-23,28,30-31,37,41H,2-5,11-12,16-17,20-21,24-25H2,1H3,(H,51,55,56). The van der Waals surface area contributed by atoms with E-state index in [1.165, 1.54) is 12.1 Å². The fourth-order valence-electron chi connectivity index (χ4n) is 8.86. The van der Waals surface area contributed by atoms with Crippen LogP contribution in [0, 0.1) is 5.92 Å². The number of pyridine rings is 2. The maximum Gasteiger partial charge on any atom is 0.415 e. The molecule has 4 amide bonds. The topological polar surface area (TPSA) is 145 Å². The van der Waals surface area contributed by atoms with Gasteiger partial charge in [-0.25, -0.2) is 4.98 Å². The molecule has 0 radical (unpaired) electrons. The number of nitrogens with one attached hydrogen (secondary N) is 1. The third kappa shape index (κ3) is 8.06. The number of imide groups is 2. The van der Waals surface area contributed by atoms with Gasteiger partial charge >= 0.3 is 6.18 Å². The molecule has 4 aliphatic rings. The van der Waals surface area contributed by atoms with Crippen LogP contribution in [0.2, 0.25) is 0 Å². The summed E-state index contributed by atoms with van der Waals surface area (Å²) in [5.74, 6) is -2.70. The van der Waals surface area contributed by atoms with E-state index in [4.69, 9.17) is 14.2 Å². The van der Waals surface area contributed by atoms with E-state index in [9.17, 15) is 32.3 Å². The molecule has 3 aromatic heterocycles. The molecule has 16 heteroatoms. The minimum Gasteiger partial charge on any atom is -0.474 e. The van der Waals surface area contributed by atoms with Crippen molar-refractivity contribution in [2.24, 2.45) is 13.0 Å². The van der Waals surface area contributed by atoms with E-state index < -0.39 is 47.9 Å². The summed E-state index contributed by atoms with van der Waals surface area (Å²) in [4.78, 5) is 61.5. The van der Waals surface area contributed by atoms with Gasteiger partial charge in [-0.1, -0.05) is 25.0 Å². The first-order valence-corrected chi connectivity index (χ1v) is 20.8. The Labute approximate surface area is 349 Å². The zero-order chi connectivity index (χ0) is 42.4. The number of benzene rings is 2. The van der Waals surface area contributed by atoms with Crippen molar-refractivity contribution in [3.63, 3.8) is 0 Å². The zero-order valence-electron chi connectivity index (χ0n) is 33.5. The highest BCUT2D eigenvalue weighted by Crippen LogP contribution is 2.38. The number of alkyl halides is 3. The summed E-state index contributed by atoms with van der Waals surface area (Å²) in [6, 6.07) is 15.7. The molecule has 2 aromatic carbocycles. The lowest BCUT2D eigenvalue weighted by Crippen LogP contribution is -2.56. The highest BCUT2D eigenvalue weighted by molar-refractivity contribution is 6.23. The molecule has 2 saturated heterocycles. The van der Waals surface area contributed by atoms with Crippen LogP contribution in [-0.4, -0.2) is 99.9 Å². The molecule has 3 fully saturated rings. The van der Waals surface area contributed by atoms with Crippen LogP contribution >= 0.6 is 0 Å². The van der Waals surface area contributed by atoms with E-state index in [1.807, 2.05) is 30.6 Å². The number of fused-ring (bicyclic) bond motifs is 4. The van der Waals surface area contributed by atoms with Crippen LogP contribution in [0.3, 0.4) is 0 Å². The summed E-state index contributed by atoms with van der Waals surface area (Å²) in [5, 5.41) is 4.44. The maximum absolute atomic E-state index is 14.1. The molecule has 6 heterocycles. The third-order valence-electron chi connectivity index (χ3n) is 12.4. The van der Waals surface area contributed by atoms with Crippen molar-refractivity contribution >= 4 is 51.1 Å². The van der Waals surface area contributed by atoms with Gasteiger partial charge in [-0.3, -0.25) is 34.4 Å². The van der Waals surface area contributed by atoms with Gasteiger partial charge in [0.05, 0.1) is 22.7 Å². The normalized spacial score (nSPS) is 21.1. The number of hydrogen-bond acceptors (Lipinski definition) is 10. The van der Waals surface area contributed by atoms with E-state index in [2.05, 4.69) is 45.1 Å². The van der Waals surface area contributed by atoms with Crippen molar-refractivity contribution in [1.29, 1.82) is 0 Å². The first-order chi connectivity index (χ1) is 29.4. The Morgan fingerprint density at radius 1 is 0.820 bits per heavy atom. The second-order valence-corrected chi connectivity index (χ2v) is 16.4. The maximum atomic E-state index is 14.1. The van der Waals surface area contributed by atoms with E-state index in [1.54, 1.807) is 17.2 Å². The first-order valence-electron chi connectivity index (χ1n) is 20.8. The predicted molar refractivity (Wildman–Crippen MR) is 218 cm³/mol. The smallest absolute Gasteiger partial charge is 0.415 e. The molecule has 0 bridgehead atoms. The Bertz CT molecular complexity index is 2500. The van der Waals surface area contributed by atoms with Gasteiger partial charge in [0, 0.05) is 111 Å². The van der Waals surface area contributed by atoms with Gasteiger partial charge in [0.2, 0.25) is 17.7 Å². The van der Waals surface area contributed by atoms with Crippen molar-refractivity contribution in [3.8, 4) is 17.0 Å². The van der Waals surface area contributed by atoms with Crippen molar-refractivity contribution in [2.45, 2.75) is 81.9 Å². The first kappa shape index (κ1) is 40.5. The summed E-state index contributed by atoms with van der Waals surface area (Å²) in [6.45, 7) is 0.694. The second kappa shape index (κ2) is 16.5. The van der Waals surface area contributed by atoms with Crippen LogP contribution in [0.25, 0.3) is 32.9 Å². The van der Waals surface area contributed by atoms with Crippen LogP contribution in [0.4, 0.5) is 18.9 Å². The molecule has 1 saturated carbocycles. The summed E-state index contributed by atoms with van der Waals surface area (Å²) >= 11 is 0. The number of carbonyl (C=O) groups excluding carboxylic acids is 4. The fraction of sp³-hybridized carbons (Fsp3) is 0.422.